The second kappa shape index (κ2) is 6.20. The van der Waals surface area contributed by atoms with Crippen LogP contribution >= 0.6 is 23.2 Å². The Bertz CT molecular complexity index is 678. The molecule has 1 aromatic rings. The lowest BCUT2D eigenvalue weighted by Crippen LogP contribution is -2.47. The minimum Gasteiger partial charge on any atom is -0.298 e. The highest BCUT2D eigenvalue weighted by Gasteiger charge is 2.37. The fraction of sp³-hybridized carbons (Fsp3) is 0.462. The average molecular weight is 354 g/mol. The van der Waals surface area contributed by atoms with Crippen LogP contribution in [0, 0.1) is 5.82 Å². The first-order chi connectivity index (χ1) is 9.76. The summed E-state index contributed by atoms with van der Waals surface area (Å²) in [6.45, 7) is 1.57. The molecule has 0 radical (unpaired) electrons. The maximum Gasteiger partial charge on any atom is 0.245 e. The van der Waals surface area contributed by atoms with Gasteiger partial charge in [0, 0.05) is 6.54 Å². The van der Waals surface area contributed by atoms with E-state index in [0.29, 0.717) is 12.8 Å². The van der Waals surface area contributed by atoms with Crippen LogP contribution in [0.3, 0.4) is 0 Å². The molecule has 1 saturated heterocycles. The number of benzene rings is 1. The SMILES string of the molecule is CC(=O)C1CCCCN1S(=O)(=O)c1ccc(Cl)c(F)c1Cl. The molecule has 21 heavy (non-hydrogen) atoms. The van der Waals surface area contributed by atoms with Crippen molar-refractivity contribution in [2.75, 3.05) is 6.54 Å². The van der Waals surface area contributed by atoms with E-state index in [2.05, 4.69) is 0 Å². The summed E-state index contributed by atoms with van der Waals surface area (Å²) >= 11 is 11.4. The molecule has 1 heterocycles. The third kappa shape index (κ3) is 3.08. The lowest BCUT2D eigenvalue weighted by molar-refractivity contribution is -0.121. The molecule has 1 atom stereocenters. The van der Waals surface area contributed by atoms with E-state index in [1.54, 1.807) is 0 Å². The third-order valence-corrected chi connectivity index (χ3v) is 6.23. The molecular weight excluding hydrogens is 340 g/mol. The van der Waals surface area contributed by atoms with Crippen LogP contribution in [0.2, 0.25) is 10.0 Å². The summed E-state index contributed by atoms with van der Waals surface area (Å²) in [5, 5.41) is -0.795. The van der Waals surface area contributed by atoms with Gasteiger partial charge in [-0.25, -0.2) is 12.8 Å². The summed E-state index contributed by atoms with van der Waals surface area (Å²) in [7, 11) is -4.04. The van der Waals surface area contributed by atoms with Crippen molar-refractivity contribution in [2.24, 2.45) is 0 Å². The lowest BCUT2D eigenvalue weighted by atomic mass is 10.0. The molecule has 2 rings (SSSR count). The van der Waals surface area contributed by atoms with Crippen molar-refractivity contribution in [2.45, 2.75) is 37.1 Å². The molecule has 1 aliphatic heterocycles. The minimum absolute atomic E-state index is 0.215. The molecule has 1 aliphatic rings. The molecule has 0 aliphatic carbocycles. The van der Waals surface area contributed by atoms with E-state index in [4.69, 9.17) is 23.2 Å². The maximum atomic E-state index is 13.7. The summed E-state index contributed by atoms with van der Waals surface area (Å²) in [5.41, 5.74) is 0. The van der Waals surface area contributed by atoms with Gasteiger partial charge in [0.2, 0.25) is 10.0 Å². The number of halogens is 3. The van der Waals surface area contributed by atoms with Crippen molar-refractivity contribution >= 4 is 39.0 Å². The smallest absolute Gasteiger partial charge is 0.245 e. The maximum absolute atomic E-state index is 13.7. The normalized spacial score (nSPS) is 20.5. The van der Waals surface area contributed by atoms with Crippen LogP contribution < -0.4 is 0 Å². The Balaban J connectivity index is 2.51. The molecule has 116 valence electrons. The molecule has 0 spiro atoms. The molecule has 0 N–H and O–H groups in total. The number of carbonyl (C=O) groups excluding carboxylic acids is 1. The first-order valence-electron chi connectivity index (χ1n) is 6.42. The number of hydrogen-bond donors (Lipinski definition) is 0. The topological polar surface area (TPSA) is 54.5 Å². The number of nitrogens with zero attached hydrogens (tertiary/aromatic N) is 1. The van der Waals surface area contributed by atoms with Crippen LogP contribution in [0.5, 0.6) is 0 Å². The minimum atomic E-state index is -4.04. The van der Waals surface area contributed by atoms with Gasteiger partial charge >= 0.3 is 0 Å². The number of rotatable bonds is 3. The molecule has 0 bridgehead atoms. The Labute approximate surface area is 132 Å². The fourth-order valence-electron chi connectivity index (χ4n) is 2.43. The van der Waals surface area contributed by atoms with Crippen LogP contribution in [-0.2, 0) is 14.8 Å². The van der Waals surface area contributed by atoms with Crippen LogP contribution in [0.25, 0.3) is 0 Å². The summed E-state index contributed by atoms with van der Waals surface area (Å²) < 4.78 is 40.2. The Morgan fingerprint density at radius 3 is 2.62 bits per heavy atom. The van der Waals surface area contributed by atoms with Gasteiger partial charge in [0.1, 0.15) is 10.7 Å². The van der Waals surface area contributed by atoms with Gasteiger partial charge in [-0.05, 0) is 31.9 Å². The van der Waals surface area contributed by atoms with Crippen LogP contribution in [0.4, 0.5) is 4.39 Å². The van der Waals surface area contributed by atoms with E-state index in [-0.39, 0.29) is 22.2 Å². The summed E-state index contributed by atoms with van der Waals surface area (Å²) in [6.07, 6.45) is 1.89. The summed E-state index contributed by atoms with van der Waals surface area (Å²) in [4.78, 5) is 11.3. The highest BCUT2D eigenvalue weighted by atomic mass is 35.5. The average Bonchev–Trinajstić information content (AvgIpc) is 2.44. The van der Waals surface area contributed by atoms with E-state index >= 15 is 0 Å². The molecule has 1 unspecified atom stereocenters. The number of hydrogen-bond acceptors (Lipinski definition) is 3. The standard InChI is InChI=1S/C13H14Cl2FNO3S/c1-8(18)10-4-2-3-7-17(10)21(19,20)11-6-5-9(14)13(16)12(11)15/h5-6,10H,2-4,7H2,1H3. The third-order valence-electron chi connectivity index (χ3n) is 3.51. The first-order valence-corrected chi connectivity index (χ1v) is 8.62. The lowest BCUT2D eigenvalue weighted by Gasteiger charge is -2.33. The molecule has 8 heteroatoms. The van der Waals surface area contributed by atoms with Crippen molar-refractivity contribution in [3.8, 4) is 0 Å². The zero-order valence-corrected chi connectivity index (χ0v) is 13.6. The van der Waals surface area contributed by atoms with Gasteiger partial charge in [-0.2, -0.15) is 4.31 Å². The highest BCUT2D eigenvalue weighted by Crippen LogP contribution is 2.33. The molecular formula is C13H14Cl2FNO3S. The summed E-state index contributed by atoms with van der Waals surface area (Å²) in [6, 6.07) is 1.58. The van der Waals surface area contributed by atoms with E-state index in [0.717, 1.165) is 22.9 Å². The van der Waals surface area contributed by atoms with Gasteiger partial charge in [0.05, 0.1) is 16.1 Å². The molecule has 0 aromatic heterocycles. The second-order valence-corrected chi connectivity index (χ2v) is 7.56. The Kier molecular flexibility index (Phi) is 4.92. The van der Waals surface area contributed by atoms with E-state index < -0.39 is 26.9 Å². The monoisotopic (exact) mass is 353 g/mol. The first kappa shape index (κ1) is 16.7. The number of carbonyl (C=O) groups is 1. The number of ketones is 1. The highest BCUT2D eigenvalue weighted by molar-refractivity contribution is 7.89. The Hall–Kier alpha value is -0.690. The predicted octanol–water partition coefficient (Wildman–Crippen LogP) is 3.26. The quantitative estimate of drug-likeness (QED) is 0.783. The van der Waals surface area contributed by atoms with Gasteiger partial charge in [0.25, 0.3) is 0 Å². The number of sulfonamides is 1. The van der Waals surface area contributed by atoms with Gasteiger partial charge in [-0.3, -0.25) is 4.79 Å². The number of piperidine rings is 1. The van der Waals surface area contributed by atoms with Crippen LogP contribution in [0.15, 0.2) is 17.0 Å². The van der Waals surface area contributed by atoms with E-state index in [1.807, 2.05) is 0 Å². The molecule has 0 saturated carbocycles. The molecule has 0 amide bonds. The van der Waals surface area contributed by atoms with E-state index in [1.165, 1.54) is 6.92 Å². The van der Waals surface area contributed by atoms with Crippen molar-refractivity contribution in [3.63, 3.8) is 0 Å². The largest absolute Gasteiger partial charge is 0.298 e. The zero-order valence-electron chi connectivity index (χ0n) is 11.3. The van der Waals surface area contributed by atoms with Gasteiger partial charge in [-0.1, -0.05) is 29.6 Å². The van der Waals surface area contributed by atoms with Gasteiger partial charge in [0.15, 0.2) is 5.82 Å². The van der Waals surface area contributed by atoms with Crippen molar-refractivity contribution in [3.05, 3.63) is 28.0 Å². The molecule has 1 fully saturated rings. The van der Waals surface area contributed by atoms with E-state index in [9.17, 15) is 17.6 Å². The Morgan fingerprint density at radius 2 is 2.00 bits per heavy atom. The van der Waals surface area contributed by atoms with Crippen molar-refractivity contribution in [1.29, 1.82) is 0 Å². The van der Waals surface area contributed by atoms with Crippen molar-refractivity contribution in [1.82, 2.24) is 4.31 Å². The van der Waals surface area contributed by atoms with Gasteiger partial charge in [-0.15, -0.1) is 0 Å². The summed E-state index contributed by atoms with van der Waals surface area (Å²) in [5.74, 6) is -1.21. The van der Waals surface area contributed by atoms with Crippen LogP contribution in [0.1, 0.15) is 26.2 Å². The fourth-order valence-corrected chi connectivity index (χ4v) is 4.86. The molecule has 4 nitrogen and oxygen atoms in total. The number of Topliss-reactive ketones (excluding diaryl/α,β-unsaturated/α-hetero) is 1. The van der Waals surface area contributed by atoms with Gasteiger partial charge < -0.3 is 0 Å². The second-order valence-electron chi connectivity index (χ2n) is 4.91. The predicted molar refractivity (Wildman–Crippen MR) is 78.6 cm³/mol. The molecule has 1 aromatic carbocycles. The van der Waals surface area contributed by atoms with Crippen molar-refractivity contribution < 1.29 is 17.6 Å². The Morgan fingerprint density at radius 1 is 1.33 bits per heavy atom. The van der Waals surface area contributed by atoms with Crippen LogP contribution in [-0.4, -0.2) is 31.1 Å². The zero-order chi connectivity index (χ0) is 15.8.